The SMILES string of the molecule is O=C(O)c1ccnn(-c2ccccn2)c1=O. The van der Waals surface area contributed by atoms with Gasteiger partial charge in [0, 0.05) is 12.4 Å². The number of hydrogen-bond donors (Lipinski definition) is 1. The van der Waals surface area contributed by atoms with Crippen molar-refractivity contribution in [1.82, 2.24) is 14.8 Å². The fraction of sp³-hybridized carbons (Fsp3) is 0. The molecular weight excluding hydrogens is 210 g/mol. The van der Waals surface area contributed by atoms with Crippen LogP contribution in [0.15, 0.2) is 41.5 Å². The standard InChI is InChI=1S/C10H7N3O3/c14-9-7(10(15)16)4-6-12-13(9)8-3-1-2-5-11-8/h1-6H,(H,15,16). The van der Waals surface area contributed by atoms with Crippen LogP contribution in [0.1, 0.15) is 10.4 Å². The first-order valence-corrected chi connectivity index (χ1v) is 4.43. The van der Waals surface area contributed by atoms with E-state index in [4.69, 9.17) is 5.11 Å². The third-order valence-corrected chi connectivity index (χ3v) is 1.94. The summed E-state index contributed by atoms with van der Waals surface area (Å²) in [4.78, 5) is 26.4. The normalized spacial score (nSPS) is 10.0. The Morgan fingerprint density at radius 3 is 2.69 bits per heavy atom. The van der Waals surface area contributed by atoms with Gasteiger partial charge in [0.25, 0.3) is 5.56 Å². The average molecular weight is 217 g/mol. The van der Waals surface area contributed by atoms with Gasteiger partial charge in [-0.1, -0.05) is 6.07 Å². The van der Waals surface area contributed by atoms with Crippen molar-refractivity contribution in [3.8, 4) is 5.82 Å². The highest BCUT2D eigenvalue weighted by molar-refractivity contribution is 5.86. The van der Waals surface area contributed by atoms with E-state index in [-0.39, 0.29) is 11.4 Å². The number of nitrogens with zero attached hydrogens (tertiary/aromatic N) is 3. The molecule has 0 radical (unpaired) electrons. The summed E-state index contributed by atoms with van der Waals surface area (Å²) in [5.74, 6) is -0.993. The molecule has 0 saturated carbocycles. The second-order valence-corrected chi connectivity index (χ2v) is 2.95. The Morgan fingerprint density at radius 2 is 2.06 bits per heavy atom. The Bertz CT molecular complexity index is 577. The molecule has 0 fully saturated rings. The largest absolute Gasteiger partial charge is 0.477 e. The van der Waals surface area contributed by atoms with Gasteiger partial charge in [-0.15, -0.1) is 0 Å². The monoisotopic (exact) mass is 217 g/mol. The number of aromatic nitrogens is 3. The number of hydrogen-bond acceptors (Lipinski definition) is 4. The van der Waals surface area contributed by atoms with E-state index in [9.17, 15) is 9.59 Å². The Balaban J connectivity index is 2.64. The van der Waals surface area contributed by atoms with Crippen molar-refractivity contribution in [3.05, 3.63) is 52.6 Å². The Morgan fingerprint density at radius 1 is 1.25 bits per heavy atom. The summed E-state index contributed by atoms with van der Waals surface area (Å²) < 4.78 is 0.948. The van der Waals surface area contributed by atoms with Gasteiger partial charge in [-0.2, -0.15) is 9.78 Å². The van der Waals surface area contributed by atoms with Crippen molar-refractivity contribution in [2.45, 2.75) is 0 Å². The fourth-order valence-corrected chi connectivity index (χ4v) is 1.22. The van der Waals surface area contributed by atoms with E-state index < -0.39 is 11.5 Å². The van der Waals surface area contributed by atoms with E-state index in [0.717, 1.165) is 10.7 Å². The second kappa shape index (κ2) is 3.93. The first-order chi connectivity index (χ1) is 7.70. The van der Waals surface area contributed by atoms with E-state index in [2.05, 4.69) is 10.1 Å². The maximum atomic E-state index is 11.7. The van der Waals surface area contributed by atoms with Crippen LogP contribution >= 0.6 is 0 Å². The minimum Gasteiger partial charge on any atom is -0.477 e. The Hall–Kier alpha value is -2.50. The van der Waals surface area contributed by atoms with Gasteiger partial charge in [-0.25, -0.2) is 9.78 Å². The highest BCUT2D eigenvalue weighted by atomic mass is 16.4. The minimum atomic E-state index is -1.28. The van der Waals surface area contributed by atoms with Gasteiger partial charge in [0.2, 0.25) is 0 Å². The lowest BCUT2D eigenvalue weighted by Gasteiger charge is -2.02. The zero-order valence-corrected chi connectivity index (χ0v) is 8.07. The van der Waals surface area contributed by atoms with Crippen molar-refractivity contribution in [1.29, 1.82) is 0 Å². The quantitative estimate of drug-likeness (QED) is 0.783. The maximum Gasteiger partial charge on any atom is 0.341 e. The van der Waals surface area contributed by atoms with Crippen molar-refractivity contribution >= 4 is 5.97 Å². The van der Waals surface area contributed by atoms with Crippen LogP contribution < -0.4 is 5.56 Å². The molecule has 0 bridgehead atoms. The van der Waals surface area contributed by atoms with Gasteiger partial charge in [-0.05, 0) is 18.2 Å². The number of carboxylic acid groups (broad SMARTS) is 1. The molecule has 2 aromatic heterocycles. The van der Waals surface area contributed by atoms with Gasteiger partial charge in [0.05, 0.1) is 0 Å². The predicted molar refractivity (Wildman–Crippen MR) is 54.6 cm³/mol. The molecule has 1 N–H and O–H groups in total. The molecule has 0 aliphatic rings. The molecule has 0 aromatic carbocycles. The molecule has 80 valence electrons. The van der Waals surface area contributed by atoms with E-state index in [0.29, 0.717) is 0 Å². The van der Waals surface area contributed by atoms with Crippen molar-refractivity contribution in [2.75, 3.05) is 0 Å². The first kappa shape index (κ1) is 10.0. The molecule has 0 saturated heterocycles. The third-order valence-electron chi connectivity index (χ3n) is 1.94. The van der Waals surface area contributed by atoms with Crippen LogP contribution in [0.5, 0.6) is 0 Å². The van der Waals surface area contributed by atoms with Crippen LogP contribution in [0.25, 0.3) is 5.82 Å². The number of carbonyl (C=O) groups is 1. The molecule has 0 spiro atoms. The summed E-state index contributed by atoms with van der Waals surface area (Å²) in [5.41, 5.74) is -1.03. The average Bonchev–Trinajstić information content (AvgIpc) is 2.30. The number of carboxylic acids is 1. The van der Waals surface area contributed by atoms with Gasteiger partial charge >= 0.3 is 5.97 Å². The number of aromatic carboxylic acids is 1. The molecule has 6 nitrogen and oxygen atoms in total. The Labute approximate surface area is 89.8 Å². The molecular formula is C10H7N3O3. The summed E-state index contributed by atoms with van der Waals surface area (Å²) in [6.07, 6.45) is 2.75. The Kier molecular flexibility index (Phi) is 2.47. The van der Waals surface area contributed by atoms with Crippen LogP contribution in [0.3, 0.4) is 0 Å². The van der Waals surface area contributed by atoms with Crippen molar-refractivity contribution in [3.63, 3.8) is 0 Å². The van der Waals surface area contributed by atoms with Crippen molar-refractivity contribution in [2.24, 2.45) is 0 Å². The highest BCUT2D eigenvalue weighted by Gasteiger charge is 2.12. The zero-order valence-electron chi connectivity index (χ0n) is 8.07. The lowest BCUT2D eigenvalue weighted by molar-refractivity contribution is 0.0694. The maximum absolute atomic E-state index is 11.7. The van der Waals surface area contributed by atoms with Crippen molar-refractivity contribution < 1.29 is 9.90 Å². The predicted octanol–water partition coefficient (Wildman–Crippen LogP) is 0.326. The molecule has 2 heterocycles. The highest BCUT2D eigenvalue weighted by Crippen LogP contribution is 1.98. The van der Waals surface area contributed by atoms with E-state index in [1.807, 2.05) is 0 Å². The minimum absolute atomic E-state index is 0.288. The van der Waals surface area contributed by atoms with E-state index >= 15 is 0 Å². The first-order valence-electron chi connectivity index (χ1n) is 4.43. The smallest absolute Gasteiger partial charge is 0.341 e. The van der Waals surface area contributed by atoms with Crippen LogP contribution in [-0.4, -0.2) is 25.8 Å². The van der Waals surface area contributed by atoms with E-state index in [1.54, 1.807) is 18.2 Å². The lowest BCUT2D eigenvalue weighted by Crippen LogP contribution is -2.27. The molecule has 2 aromatic rings. The summed E-state index contributed by atoms with van der Waals surface area (Å²) in [6.45, 7) is 0. The molecule has 0 atom stereocenters. The summed E-state index contributed by atoms with van der Waals surface area (Å²) in [7, 11) is 0. The van der Waals surface area contributed by atoms with Crippen LogP contribution in [0.4, 0.5) is 0 Å². The molecule has 6 heteroatoms. The summed E-state index contributed by atoms with van der Waals surface area (Å²) in [6, 6.07) is 6.10. The third kappa shape index (κ3) is 1.68. The number of pyridine rings is 1. The number of rotatable bonds is 2. The van der Waals surface area contributed by atoms with Gasteiger partial charge < -0.3 is 5.11 Å². The van der Waals surface area contributed by atoms with Crippen LogP contribution in [-0.2, 0) is 0 Å². The topological polar surface area (TPSA) is 85.1 Å². The molecule has 16 heavy (non-hydrogen) atoms. The molecule has 0 aliphatic heterocycles. The molecule has 0 unspecified atom stereocenters. The second-order valence-electron chi connectivity index (χ2n) is 2.95. The molecule has 0 aliphatic carbocycles. The van der Waals surface area contributed by atoms with Gasteiger partial charge in [0.15, 0.2) is 5.82 Å². The molecule has 0 amide bonds. The zero-order chi connectivity index (χ0) is 11.5. The fourth-order valence-electron chi connectivity index (χ4n) is 1.22. The van der Waals surface area contributed by atoms with E-state index in [1.165, 1.54) is 12.4 Å². The lowest BCUT2D eigenvalue weighted by atomic mass is 10.3. The van der Waals surface area contributed by atoms with Crippen LogP contribution in [0, 0.1) is 0 Å². The summed E-state index contributed by atoms with van der Waals surface area (Å²) in [5, 5.41) is 12.5. The molecule has 2 rings (SSSR count). The van der Waals surface area contributed by atoms with Gasteiger partial charge in [0.1, 0.15) is 5.56 Å². The summed E-state index contributed by atoms with van der Waals surface area (Å²) >= 11 is 0. The van der Waals surface area contributed by atoms with Crippen LogP contribution in [0.2, 0.25) is 0 Å². The van der Waals surface area contributed by atoms with Gasteiger partial charge in [-0.3, -0.25) is 4.79 Å².